The Labute approximate surface area is 152 Å². The van der Waals surface area contributed by atoms with Crippen LogP contribution in [0.15, 0.2) is 77.6 Å². The minimum atomic E-state index is -0.498. The largest absolute Gasteiger partial charge is 0.508 e. The van der Waals surface area contributed by atoms with E-state index in [9.17, 15) is 20.0 Å². The Kier molecular flexibility index (Phi) is 3.89. The van der Waals surface area contributed by atoms with E-state index in [4.69, 9.17) is 0 Å². The number of benzene rings is 3. The molecular formula is C20H13N3O4. The quantitative estimate of drug-likeness (QED) is 0.444. The Morgan fingerprint density at radius 1 is 0.889 bits per heavy atom. The number of hydrogen-bond acceptors (Lipinski definition) is 5. The molecule has 0 fully saturated rings. The molecule has 132 valence electrons. The first-order valence-corrected chi connectivity index (χ1v) is 8.11. The van der Waals surface area contributed by atoms with E-state index in [1.54, 1.807) is 36.4 Å². The van der Waals surface area contributed by atoms with Gasteiger partial charge in [-0.25, -0.2) is 0 Å². The van der Waals surface area contributed by atoms with Crippen LogP contribution in [-0.2, 0) is 0 Å². The summed E-state index contributed by atoms with van der Waals surface area (Å²) in [5.74, 6) is 0.131. The van der Waals surface area contributed by atoms with Gasteiger partial charge in [-0.05, 0) is 42.5 Å². The fourth-order valence-corrected chi connectivity index (χ4v) is 2.91. The van der Waals surface area contributed by atoms with Crippen LogP contribution in [0.25, 0.3) is 27.7 Å². The molecule has 4 aromatic rings. The summed E-state index contributed by atoms with van der Waals surface area (Å²) in [6.45, 7) is 0. The zero-order chi connectivity index (χ0) is 19.0. The summed E-state index contributed by atoms with van der Waals surface area (Å²) in [5, 5.41) is 26.1. The molecule has 0 atom stereocenters. The zero-order valence-corrected chi connectivity index (χ0v) is 13.9. The molecule has 0 saturated carbocycles. The second-order valence-corrected chi connectivity index (χ2v) is 5.93. The van der Waals surface area contributed by atoms with Crippen molar-refractivity contribution < 1.29 is 10.0 Å². The molecule has 27 heavy (non-hydrogen) atoms. The fourth-order valence-electron chi connectivity index (χ4n) is 2.91. The Bertz CT molecular complexity index is 1210. The molecule has 0 aliphatic rings. The third kappa shape index (κ3) is 2.91. The second kappa shape index (κ2) is 6.38. The molecule has 1 N–H and O–H groups in total. The number of phenols is 1. The maximum Gasteiger partial charge on any atom is 0.279 e. The van der Waals surface area contributed by atoms with Crippen molar-refractivity contribution in [2.24, 2.45) is 0 Å². The van der Waals surface area contributed by atoms with Crippen molar-refractivity contribution in [3.8, 4) is 22.7 Å². The maximum absolute atomic E-state index is 12.9. The van der Waals surface area contributed by atoms with E-state index in [2.05, 4.69) is 5.10 Å². The monoisotopic (exact) mass is 359 g/mol. The molecule has 0 spiro atoms. The van der Waals surface area contributed by atoms with Crippen LogP contribution in [0.3, 0.4) is 0 Å². The van der Waals surface area contributed by atoms with Crippen LogP contribution in [0.1, 0.15) is 0 Å². The minimum Gasteiger partial charge on any atom is -0.508 e. The van der Waals surface area contributed by atoms with Gasteiger partial charge in [-0.2, -0.15) is 9.78 Å². The number of rotatable bonds is 3. The van der Waals surface area contributed by atoms with Crippen LogP contribution in [-0.4, -0.2) is 19.8 Å². The van der Waals surface area contributed by atoms with Gasteiger partial charge < -0.3 is 5.11 Å². The van der Waals surface area contributed by atoms with Crippen LogP contribution in [0, 0.1) is 10.1 Å². The highest BCUT2D eigenvalue weighted by atomic mass is 16.6. The molecule has 0 saturated heterocycles. The third-order valence-electron chi connectivity index (χ3n) is 4.25. The van der Waals surface area contributed by atoms with Crippen molar-refractivity contribution in [2.45, 2.75) is 0 Å². The number of non-ortho nitro benzene ring substituents is 1. The van der Waals surface area contributed by atoms with Crippen molar-refractivity contribution in [2.75, 3.05) is 0 Å². The van der Waals surface area contributed by atoms with E-state index < -0.39 is 4.92 Å². The lowest BCUT2D eigenvalue weighted by atomic mass is 10.0. The van der Waals surface area contributed by atoms with E-state index in [1.807, 2.05) is 12.1 Å². The van der Waals surface area contributed by atoms with E-state index in [0.717, 1.165) is 5.56 Å². The van der Waals surface area contributed by atoms with Gasteiger partial charge in [0.2, 0.25) is 0 Å². The van der Waals surface area contributed by atoms with Gasteiger partial charge in [-0.3, -0.25) is 14.9 Å². The van der Waals surface area contributed by atoms with Crippen molar-refractivity contribution in [3.05, 3.63) is 93.3 Å². The Hall–Kier alpha value is -4.00. The van der Waals surface area contributed by atoms with Crippen LogP contribution in [0.4, 0.5) is 5.69 Å². The van der Waals surface area contributed by atoms with Gasteiger partial charge in [0.05, 0.1) is 21.7 Å². The van der Waals surface area contributed by atoms with Gasteiger partial charge in [0, 0.05) is 23.1 Å². The predicted octanol–water partition coefficient (Wildman–Crippen LogP) is 3.67. The highest BCUT2D eigenvalue weighted by Gasteiger charge is 2.14. The lowest BCUT2D eigenvalue weighted by Crippen LogP contribution is -2.22. The highest BCUT2D eigenvalue weighted by Crippen LogP contribution is 2.27. The third-order valence-corrected chi connectivity index (χ3v) is 4.25. The number of aromatic nitrogens is 2. The summed E-state index contributed by atoms with van der Waals surface area (Å²) in [6.07, 6.45) is 0. The number of hydrogen-bond donors (Lipinski definition) is 1. The molecular weight excluding hydrogens is 346 g/mol. The standard InChI is InChI=1S/C20H13N3O4/c24-16-11-5-13(6-12-16)19-17-3-1-2-4-18(17)20(25)22(21-19)14-7-9-15(10-8-14)23(26)27/h1-12,24H. The van der Waals surface area contributed by atoms with Gasteiger partial charge in [-0.15, -0.1) is 0 Å². The predicted molar refractivity (Wildman–Crippen MR) is 101 cm³/mol. The first kappa shape index (κ1) is 16.5. The molecule has 3 aromatic carbocycles. The first-order valence-electron chi connectivity index (χ1n) is 8.11. The van der Waals surface area contributed by atoms with Gasteiger partial charge in [0.15, 0.2) is 0 Å². The van der Waals surface area contributed by atoms with Crippen molar-refractivity contribution in [1.29, 1.82) is 0 Å². The topological polar surface area (TPSA) is 98.3 Å². The second-order valence-electron chi connectivity index (χ2n) is 5.93. The SMILES string of the molecule is O=c1c2ccccc2c(-c2ccc(O)cc2)nn1-c1ccc([N+](=O)[O-])cc1. The molecule has 0 bridgehead atoms. The zero-order valence-electron chi connectivity index (χ0n) is 13.9. The number of nitrogens with zero attached hydrogens (tertiary/aromatic N) is 3. The number of nitro groups is 1. The summed E-state index contributed by atoms with van der Waals surface area (Å²) >= 11 is 0. The van der Waals surface area contributed by atoms with E-state index in [-0.39, 0.29) is 17.0 Å². The van der Waals surface area contributed by atoms with E-state index >= 15 is 0 Å². The van der Waals surface area contributed by atoms with Crippen molar-refractivity contribution >= 4 is 16.5 Å². The van der Waals surface area contributed by atoms with Gasteiger partial charge in [0.25, 0.3) is 11.2 Å². The van der Waals surface area contributed by atoms with Gasteiger partial charge >= 0.3 is 0 Å². The molecule has 0 aliphatic heterocycles. The maximum atomic E-state index is 12.9. The van der Waals surface area contributed by atoms with Crippen LogP contribution >= 0.6 is 0 Å². The fraction of sp³-hybridized carbons (Fsp3) is 0. The molecule has 0 aliphatic carbocycles. The average Bonchev–Trinajstić information content (AvgIpc) is 2.69. The summed E-state index contributed by atoms with van der Waals surface area (Å²) in [5.41, 5.74) is 1.35. The Morgan fingerprint density at radius 3 is 2.15 bits per heavy atom. The molecule has 0 unspecified atom stereocenters. The van der Waals surface area contributed by atoms with Gasteiger partial charge in [0.1, 0.15) is 5.75 Å². The molecule has 0 amide bonds. The van der Waals surface area contributed by atoms with Crippen LogP contribution in [0.2, 0.25) is 0 Å². The highest BCUT2D eigenvalue weighted by molar-refractivity contribution is 5.94. The lowest BCUT2D eigenvalue weighted by molar-refractivity contribution is -0.384. The molecule has 7 heteroatoms. The number of phenolic OH excluding ortho intramolecular Hbond substituents is 1. The van der Waals surface area contributed by atoms with Gasteiger partial charge in [-0.1, -0.05) is 18.2 Å². The Balaban J connectivity index is 1.99. The summed E-state index contributed by atoms with van der Waals surface area (Å²) in [4.78, 5) is 23.3. The Morgan fingerprint density at radius 2 is 1.52 bits per heavy atom. The molecule has 0 radical (unpaired) electrons. The normalized spacial score (nSPS) is 10.8. The number of fused-ring (bicyclic) bond motifs is 1. The van der Waals surface area contributed by atoms with Crippen molar-refractivity contribution in [3.63, 3.8) is 0 Å². The summed E-state index contributed by atoms with van der Waals surface area (Å²) in [6, 6.07) is 19.3. The average molecular weight is 359 g/mol. The van der Waals surface area contributed by atoms with Crippen molar-refractivity contribution in [1.82, 2.24) is 9.78 Å². The lowest BCUT2D eigenvalue weighted by Gasteiger charge is -2.11. The molecule has 4 rings (SSSR count). The first-order chi connectivity index (χ1) is 13.0. The molecule has 1 heterocycles. The molecule has 1 aromatic heterocycles. The molecule has 7 nitrogen and oxygen atoms in total. The van der Waals surface area contributed by atoms with Crippen LogP contribution < -0.4 is 5.56 Å². The number of aromatic hydroxyl groups is 1. The van der Waals surface area contributed by atoms with Crippen LogP contribution in [0.5, 0.6) is 5.75 Å². The van der Waals surface area contributed by atoms with E-state index in [1.165, 1.54) is 28.9 Å². The minimum absolute atomic E-state index is 0.0636. The summed E-state index contributed by atoms with van der Waals surface area (Å²) < 4.78 is 1.23. The summed E-state index contributed by atoms with van der Waals surface area (Å²) in [7, 11) is 0. The number of nitro benzene ring substituents is 1. The van der Waals surface area contributed by atoms with E-state index in [0.29, 0.717) is 22.2 Å². The smallest absolute Gasteiger partial charge is 0.279 e.